The van der Waals surface area contributed by atoms with Crippen LogP contribution < -0.4 is 0 Å². The van der Waals surface area contributed by atoms with Gasteiger partial charge in [-0.1, -0.05) is 69.3 Å². The number of carbonyl (C=O) groups is 1. The molecule has 0 spiro atoms. The Labute approximate surface area is 115 Å². The van der Waals surface area contributed by atoms with Crippen LogP contribution in [0.5, 0.6) is 0 Å². The highest BCUT2D eigenvalue weighted by Gasteiger charge is 2.13. The fourth-order valence-corrected chi connectivity index (χ4v) is 2.23. The summed E-state index contributed by atoms with van der Waals surface area (Å²) in [7, 11) is 0. The van der Waals surface area contributed by atoms with Crippen molar-refractivity contribution < 1.29 is 4.79 Å². The van der Waals surface area contributed by atoms with Crippen LogP contribution in [0.3, 0.4) is 0 Å². The van der Waals surface area contributed by atoms with E-state index in [1.54, 1.807) is 0 Å². The predicted molar refractivity (Wildman–Crippen MR) is 79.6 cm³/mol. The minimum atomic E-state index is 0.0438. The number of rotatable bonds is 4. The van der Waals surface area contributed by atoms with Crippen molar-refractivity contribution in [1.29, 1.82) is 0 Å². The molecule has 0 saturated heterocycles. The Bertz CT molecular complexity index is 555. The van der Waals surface area contributed by atoms with Gasteiger partial charge in [-0.3, -0.25) is 4.79 Å². The van der Waals surface area contributed by atoms with Crippen molar-refractivity contribution >= 4 is 5.78 Å². The molecular formula is C18H20O. The van der Waals surface area contributed by atoms with E-state index in [-0.39, 0.29) is 11.7 Å². The first-order chi connectivity index (χ1) is 9.09. The molecular weight excluding hydrogens is 232 g/mol. The van der Waals surface area contributed by atoms with Crippen LogP contribution in [0.1, 0.15) is 48.2 Å². The standard InChI is InChI=1S/C18H20O/c1-13(2)18(19)17-11-7-10-16(12-17)14(3)15-8-5-4-6-9-15/h4-14H,1-3H3. The molecule has 1 atom stereocenters. The van der Waals surface area contributed by atoms with Gasteiger partial charge in [-0.25, -0.2) is 0 Å². The van der Waals surface area contributed by atoms with Gasteiger partial charge in [0.25, 0.3) is 0 Å². The first kappa shape index (κ1) is 13.5. The SMILES string of the molecule is CC(C)C(=O)c1cccc(C(C)c2ccccc2)c1. The highest BCUT2D eigenvalue weighted by atomic mass is 16.1. The van der Waals surface area contributed by atoms with E-state index in [9.17, 15) is 4.79 Å². The summed E-state index contributed by atoms with van der Waals surface area (Å²) in [6.07, 6.45) is 0. The molecule has 0 fully saturated rings. The third-order valence-electron chi connectivity index (χ3n) is 3.50. The third-order valence-corrected chi connectivity index (χ3v) is 3.50. The lowest BCUT2D eigenvalue weighted by molar-refractivity contribution is 0.0939. The molecule has 0 radical (unpaired) electrons. The summed E-state index contributed by atoms with van der Waals surface area (Å²) in [5.41, 5.74) is 3.28. The van der Waals surface area contributed by atoms with Crippen molar-refractivity contribution in [2.45, 2.75) is 26.7 Å². The van der Waals surface area contributed by atoms with Crippen LogP contribution in [0.4, 0.5) is 0 Å². The lowest BCUT2D eigenvalue weighted by Gasteiger charge is -2.14. The van der Waals surface area contributed by atoms with Crippen molar-refractivity contribution in [3.05, 3.63) is 71.3 Å². The van der Waals surface area contributed by atoms with Crippen molar-refractivity contribution in [3.63, 3.8) is 0 Å². The normalized spacial score (nSPS) is 12.4. The second-order valence-electron chi connectivity index (χ2n) is 5.28. The van der Waals surface area contributed by atoms with E-state index in [1.807, 2.05) is 38.1 Å². The molecule has 2 aromatic carbocycles. The molecule has 0 aliphatic rings. The summed E-state index contributed by atoms with van der Waals surface area (Å²) in [6.45, 7) is 6.06. The summed E-state index contributed by atoms with van der Waals surface area (Å²) in [5.74, 6) is 0.561. The summed E-state index contributed by atoms with van der Waals surface area (Å²) in [4.78, 5) is 12.1. The van der Waals surface area contributed by atoms with Gasteiger partial charge in [0.1, 0.15) is 0 Å². The van der Waals surface area contributed by atoms with E-state index in [0.29, 0.717) is 5.92 Å². The molecule has 0 aliphatic carbocycles. The molecule has 1 heteroatoms. The summed E-state index contributed by atoms with van der Waals surface area (Å²) >= 11 is 0. The molecule has 1 unspecified atom stereocenters. The topological polar surface area (TPSA) is 17.1 Å². The molecule has 0 aromatic heterocycles. The Morgan fingerprint density at radius 2 is 1.47 bits per heavy atom. The first-order valence-corrected chi connectivity index (χ1v) is 6.78. The fraction of sp³-hybridized carbons (Fsp3) is 0.278. The van der Waals surface area contributed by atoms with E-state index < -0.39 is 0 Å². The van der Waals surface area contributed by atoms with Crippen LogP contribution in [0.2, 0.25) is 0 Å². The maximum atomic E-state index is 12.1. The average Bonchev–Trinajstić information content (AvgIpc) is 2.46. The highest BCUT2D eigenvalue weighted by Crippen LogP contribution is 2.25. The smallest absolute Gasteiger partial charge is 0.165 e. The van der Waals surface area contributed by atoms with E-state index in [4.69, 9.17) is 0 Å². The zero-order valence-corrected chi connectivity index (χ0v) is 11.8. The molecule has 0 bridgehead atoms. The van der Waals surface area contributed by atoms with Gasteiger partial charge >= 0.3 is 0 Å². The first-order valence-electron chi connectivity index (χ1n) is 6.78. The Morgan fingerprint density at radius 3 is 2.11 bits per heavy atom. The molecule has 19 heavy (non-hydrogen) atoms. The molecule has 0 amide bonds. The molecule has 0 N–H and O–H groups in total. The van der Waals surface area contributed by atoms with E-state index in [1.165, 1.54) is 11.1 Å². The number of benzene rings is 2. The molecule has 0 saturated carbocycles. The number of Topliss-reactive ketones (excluding diaryl/α,β-unsaturated/α-hetero) is 1. The molecule has 2 aromatic rings. The minimum absolute atomic E-state index is 0.0438. The molecule has 2 rings (SSSR count). The summed E-state index contributed by atoms with van der Waals surface area (Å²) in [6, 6.07) is 18.4. The van der Waals surface area contributed by atoms with Gasteiger partial charge in [-0.2, -0.15) is 0 Å². The zero-order valence-electron chi connectivity index (χ0n) is 11.8. The minimum Gasteiger partial charge on any atom is -0.294 e. The number of ketones is 1. The largest absolute Gasteiger partial charge is 0.294 e. The second-order valence-corrected chi connectivity index (χ2v) is 5.28. The van der Waals surface area contributed by atoms with Gasteiger partial charge in [0.15, 0.2) is 5.78 Å². The fourth-order valence-electron chi connectivity index (χ4n) is 2.23. The maximum absolute atomic E-state index is 12.1. The Kier molecular flexibility index (Phi) is 4.16. The number of hydrogen-bond donors (Lipinski definition) is 0. The van der Waals surface area contributed by atoms with Crippen molar-refractivity contribution in [3.8, 4) is 0 Å². The van der Waals surface area contributed by atoms with Crippen molar-refractivity contribution in [2.75, 3.05) is 0 Å². The van der Waals surface area contributed by atoms with Gasteiger partial charge in [0.2, 0.25) is 0 Å². The van der Waals surface area contributed by atoms with Crippen LogP contribution in [0.15, 0.2) is 54.6 Å². The van der Waals surface area contributed by atoms with Crippen LogP contribution in [-0.4, -0.2) is 5.78 Å². The molecule has 0 aliphatic heterocycles. The van der Waals surface area contributed by atoms with Gasteiger partial charge < -0.3 is 0 Å². The van der Waals surface area contributed by atoms with Crippen molar-refractivity contribution in [1.82, 2.24) is 0 Å². The third kappa shape index (κ3) is 3.11. The van der Waals surface area contributed by atoms with Gasteiger partial charge in [-0.15, -0.1) is 0 Å². The van der Waals surface area contributed by atoms with Crippen molar-refractivity contribution in [2.24, 2.45) is 5.92 Å². The number of hydrogen-bond acceptors (Lipinski definition) is 1. The Balaban J connectivity index is 2.31. The van der Waals surface area contributed by atoms with Gasteiger partial charge in [-0.05, 0) is 17.2 Å². The number of carbonyl (C=O) groups excluding carboxylic acids is 1. The highest BCUT2D eigenvalue weighted by molar-refractivity contribution is 5.97. The Morgan fingerprint density at radius 1 is 0.842 bits per heavy atom. The summed E-state index contributed by atoms with van der Waals surface area (Å²) < 4.78 is 0. The van der Waals surface area contributed by atoms with Gasteiger partial charge in [0.05, 0.1) is 0 Å². The monoisotopic (exact) mass is 252 g/mol. The maximum Gasteiger partial charge on any atom is 0.165 e. The van der Waals surface area contributed by atoms with E-state index in [0.717, 1.165) is 5.56 Å². The molecule has 98 valence electrons. The lowest BCUT2D eigenvalue weighted by atomic mass is 9.90. The molecule has 1 nitrogen and oxygen atoms in total. The van der Waals surface area contributed by atoms with Crippen LogP contribution in [0.25, 0.3) is 0 Å². The van der Waals surface area contributed by atoms with E-state index in [2.05, 4.69) is 37.3 Å². The zero-order chi connectivity index (χ0) is 13.8. The lowest BCUT2D eigenvalue weighted by Crippen LogP contribution is -2.08. The van der Waals surface area contributed by atoms with Crippen LogP contribution in [0, 0.1) is 5.92 Å². The predicted octanol–water partition coefficient (Wildman–Crippen LogP) is 4.68. The van der Waals surface area contributed by atoms with Crippen LogP contribution >= 0.6 is 0 Å². The van der Waals surface area contributed by atoms with E-state index >= 15 is 0 Å². The van der Waals surface area contributed by atoms with Gasteiger partial charge in [0, 0.05) is 17.4 Å². The second kappa shape index (κ2) is 5.83. The van der Waals surface area contributed by atoms with Crippen LogP contribution in [-0.2, 0) is 0 Å². The quantitative estimate of drug-likeness (QED) is 0.722. The molecule has 0 heterocycles. The summed E-state index contributed by atoms with van der Waals surface area (Å²) in [5, 5.41) is 0. The Hall–Kier alpha value is -1.89. The average molecular weight is 252 g/mol.